The lowest BCUT2D eigenvalue weighted by Gasteiger charge is -2.22. The number of rotatable bonds is 7. The molecule has 2 aromatic rings. The summed E-state index contributed by atoms with van der Waals surface area (Å²) in [5.41, 5.74) is 2.98. The minimum absolute atomic E-state index is 0.192. The van der Waals surface area contributed by atoms with E-state index in [1.807, 2.05) is 12.1 Å². The van der Waals surface area contributed by atoms with Crippen LogP contribution in [0.25, 0.3) is 11.3 Å². The number of benzene rings is 1. The van der Waals surface area contributed by atoms with Crippen LogP contribution in [0.3, 0.4) is 0 Å². The Labute approximate surface area is 175 Å². The van der Waals surface area contributed by atoms with Crippen molar-refractivity contribution in [3.05, 3.63) is 40.2 Å². The average Bonchev–Trinajstić information content (AvgIpc) is 3.14. The number of thiazole rings is 1. The summed E-state index contributed by atoms with van der Waals surface area (Å²) in [7, 11) is 0. The third kappa shape index (κ3) is 6.19. The number of carbonyl (C=O) groups is 2. The molecule has 0 bridgehead atoms. The van der Waals surface area contributed by atoms with Gasteiger partial charge in [0.2, 0.25) is 0 Å². The fourth-order valence-electron chi connectivity index (χ4n) is 3.14. The van der Waals surface area contributed by atoms with Crippen LogP contribution in [0, 0.1) is 0 Å². The second-order valence-corrected chi connectivity index (χ2v) is 8.90. The van der Waals surface area contributed by atoms with E-state index in [9.17, 15) is 9.59 Å². The summed E-state index contributed by atoms with van der Waals surface area (Å²) < 4.78 is 16.8. The van der Waals surface area contributed by atoms with Crippen LogP contribution in [0.1, 0.15) is 61.7 Å². The molecule has 1 aromatic heterocycles. The van der Waals surface area contributed by atoms with Gasteiger partial charge in [-0.1, -0.05) is 24.3 Å². The van der Waals surface area contributed by atoms with Gasteiger partial charge in [-0.15, -0.1) is 11.3 Å². The van der Waals surface area contributed by atoms with Gasteiger partial charge in [0, 0.05) is 17.7 Å². The topological polar surface area (TPSA) is 74.7 Å². The van der Waals surface area contributed by atoms with Crippen molar-refractivity contribution in [2.45, 2.75) is 65.0 Å². The second-order valence-electron chi connectivity index (χ2n) is 7.96. The summed E-state index contributed by atoms with van der Waals surface area (Å²) in [6, 6.07) is 7.20. The highest BCUT2D eigenvalue weighted by atomic mass is 32.1. The van der Waals surface area contributed by atoms with Crippen LogP contribution in [0.5, 0.6) is 0 Å². The molecule has 1 fully saturated rings. The lowest BCUT2D eigenvalue weighted by molar-refractivity contribution is -0.168. The van der Waals surface area contributed by atoms with E-state index in [2.05, 4.69) is 4.98 Å². The highest BCUT2D eigenvalue weighted by molar-refractivity contribution is 7.10. The lowest BCUT2D eigenvalue weighted by atomic mass is 9.98. The summed E-state index contributed by atoms with van der Waals surface area (Å²) in [5, 5.41) is 0. The number of ketones is 1. The zero-order chi connectivity index (χ0) is 20.9. The quantitative estimate of drug-likeness (QED) is 0.367. The van der Waals surface area contributed by atoms with Gasteiger partial charge in [-0.3, -0.25) is 9.59 Å². The smallest absolute Gasteiger partial charge is 0.314 e. The van der Waals surface area contributed by atoms with Crippen LogP contribution in [0.15, 0.2) is 29.8 Å². The van der Waals surface area contributed by atoms with Crippen LogP contribution in [0.4, 0.5) is 0 Å². The minimum Gasteiger partial charge on any atom is -0.460 e. The molecule has 0 amide bonds. The van der Waals surface area contributed by atoms with E-state index in [-0.39, 0.29) is 18.5 Å². The number of carbonyl (C=O) groups excluding carboxylic acids is 2. The maximum atomic E-state index is 12.8. The number of hydrogen-bond donors (Lipinski definition) is 0. The number of aromatic nitrogens is 1. The summed E-state index contributed by atoms with van der Waals surface area (Å²) in [6.07, 6.45) is 2.56. The molecule has 0 radical (unpaired) electrons. The minimum atomic E-state index is -0.627. The standard InChI is InChI=1S/C22H27NO5S/c1-22(2,3)28-19(25)12-17(24)15-8-4-5-9-16(15)21-18(29-14-23-21)13-27-20-10-6-7-11-26-20/h4-5,8-9,14,20H,6-7,10-13H2,1-3H3. The van der Waals surface area contributed by atoms with Gasteiger partial charge in [-0.25, -0.2) is 4.98 Å². The van der Waals surface area contributed by atoms with Gasteiger partial charge in [0.05, 0.1) is 22.7 Å². The molecule has 1 aromatic carbocycles. The van der Waals surface area contributed by atoms with Crippen molar-refractivity contribution in [2.24, 2.45) is 0 Å². The van der Waals surface area contributed by atoms with Crippen molar-refractivity contribution in [2.75, 3.05) is 6.61 Å². The first kappa shape index (κ1) is 21.6. The van der Waals surface area contributed by atoms with Crippen molar-refractivity contribution in [1.29, 1.82) is 0 Å². The monoisotopic (exact) mass is 417 g/mol. The molecule has 0 aliphatic carbocycles. The van der Waals surface area contributed by atoms with E-state index in [1.165, 1.54) is 11.3 Å². The molecule has 7 heteroatoms. The molecule has 0 N–H and O–H groups in total. The van der Waals surface area contributed by atoms with Gasteiger partial charge in [0.15, 0.2) is 12.1 Å². The molecule has 0 saturated carbocycles. The SMILES string of the molecule is CC(C)(C)OC(=O)CC(=O)c1ccccc1-c1ncsc1COC1CCCCO1. The van der Waals surface area contributed by atoms with Crippen molar-refractivity contribution >= 4 is 23.1 Å². The van der Waals surface area contributed by atoms with Crippen LogP contribution < -0.4 is 0 Å². The Morgan fingerprint density at radius 2 is 2.03 bits per heavy atom. The lowest BCUT2D eigenvalue weighted by Crippen LogP contribution is -2.25. The van der Waals surface area contributed by atoms with Crippen LogP contribution in [-0.4, -0.2) is 35.2 Å². The highest BCUT2D eigenvalue weighted by Gasteiger charge is 2.23. The van der Waals surface area contributed by atoms with Crippen molar-refractivity contribution in [1.82, 2.24) is 4.98 Å². The molecule has 6 nitrogen and oxygen atoms in total. The molecule has 1 aliphatic heterocycles. The first-order valence-corrected chi connectivity index (χ1v) is 10.7. The molecule has 156 valence electrons. The summed E-state index contributed by atoms with van der Waals surface area (Å²) >= 11 is 1.48. The molecule has 1 atom stereocenters. The zero-order valence-electron chi connectivity index (χ0n) is 17.1. The number of nitrogens with zero attached hydrogens (tertiary/aromatic N) is 1. The van der Waals surface area contributed by atoms with Crippen LogP contribution in [-0.2, 0) is 25.6 Å². The average molecular weight is 418 g/mol. The Bertz CT molecular complexity index is 849. The maximum Gasteiger partial charge on any atom is 0.314 e. The van der Waals surface area contributed by atoms with Crippen LogP contribution >= 0.6 is 11.3 Å². The number of Topliss-reactive ketones (excluding diaryl/α,β-unsaturated/α-hetero) is 1. The van der Waals surface area contributed by atoms with Crippen molar-refractivity contribution in [3.63, 3.8) is 0 Å². The van der Waals surface area contributed by atoms with Gasteiger partial charge in [0.1, 0.15) is 12.0 Å². The number of hydrogen-bond acceptors (Lipinski definition) is 7. The fraction of sp³-hybridized carbons (Fsp3) is 0.500. The summed E-state index contributed by atoms with van der Waals surface area (Å²) in [6.45, 7) is 6.43. The van der Waals surface area contributed by atoms with Gasteiger partial charge in [-0.05, 0) is 40.0 Å². The molecular formula is C22H27NO5S. The van der Waals surface area contributed by atoms with Crippen LogP contribution in [0.2, 0.25) is 0 Å². The molecule has 3 rings (SSSR count). The Hall–Kier alpha value is -2.09. The zero-order valence-corrected chi connectivity index (χ0v) is 17.9. The normalized spacial score (nSPS) is 17.1. The Balaban J connectivity index is 1.74. The summed E-state index contributed by atoms with van der Waals surface area (Å²) in [4.78, 5) is 30.3. The van der Waals surface area contributed by atoms with E-state index >= 15 is 0 Å². The summed E-state index contributed by atoms with van der Waals surface area (Å²) in [5.74, 6) is -0.820. The Morgan fingerprint density at radius 3 is 2.76 bits per heavy atom. The molecule has 1 aliphatic rings. The van der Waals surface area contributed by atoms with E-state index in [1.54, 1.807) is 38.4 Å². The second kappa shape index (κ2) is 9.61. The predicted octanol–water partition coefficient (Wildman–Crippen LogP) is 4.77. The van der Waals surface area contributed by atoms with E-state index in [0.29, 0.717) is 23.4 Å². The van der Waals surface area contributed by atoms with Gasteiger partial charge in [0.25, 0.3) is 0 Å². The van der Waals surface area contributed by atoms with Crippen molar-refractivity contribution < 1.29 is 23.8 Å². The fourth-order valence-corrected chi connectivity index (χ4v) is 3.84. The number of esters is 1. The van der Waals surface area contributed by atoms with Gasteiger partial charge < -0.3 is 14.2 Å². The Morgan fingerprint density at radius 1 is 1.24 bits per heavy atom. The molecule has 1 saturated heterocycles. The predicted molar refractivity (Wildman–Crippen MR) is 111 cm³/mol. The maximum absolute atomic E-state index is 12.8. The third-order valence-corrected chi connectivity index (χ3v) is 5.19. The first-order chi connectivity index (χ1) is 13.8. The third-order valence-electron chi connectivity index (χ3n) is 4.39. The molecule has 2 heterocycles. The van der Waals surface area contributed by atoms with E-state index in [0.717, 1.165) is 30.7 Å². The van der Waals surface area contributed by atoms with Gasteiger partial charge in [-0.2, -0.15) is 0 Å². The van der Waals surface area contributed by atoms with Crippen molar-refractivity contribution in [3.8, 4) is 11.3 Å². The molecular weight excluding hydrogens is 390 g/mol. The Kier molecular flexibility index (Phi) is 7.16. The first-order valence-electron chi connectivity index (χ1n) is 9.83. The molecule has 0 spiro atoms. The highest BCUT2D eigenvalue weighted by Crippen LogP contribution is 2.30. The van der Waals surface area contributed by atoms with E-state index < -0.39 is 11.6 Å². The largest absolute Gasteiger partial charge is 0.460 e. The molecule has 1 unspecified atom stereocenters. The number of ether oxygens (including phenoxy) is 3. The molecule has 29 heavy (non-hydrogen) atoms. The van der Waals surface area contributed by atoms with Gasteiger partial charge >= 0.3 is 5.97 Å². The van der Waals surface area contributed by atoms with E-state index in [4.69, 9.17) is 14.2 Å².